The molecule has 1 heterocycles. The summed E-state index contributed by atoms with van der Waals surface area (Å²) in [6.45, 7) is 2.07. The van der Waals surface area contributed by atoms with Gasteiger partial charge in [-0.1, -0.05) is 19.1 Å². The number of aromatic nitrogens is 2. The third-order valence-electron chi connectivity index (χ3n) is 2.15. The highest BCUT2D eigenvalue weighted by molar-refractivity contribution is 5.87. The second-order valence-corrected chi connectivity index (χ2v) is 2.95. The molecule has 3 nitrogen and oxygen atoms in total. The van der Waals surface area contributed by atoms with Crippen LogP contribution in [-0.2, 0) is 6.42 Å². The highest BCUT2D eigenvalue weighted by Gasteiger charge is 2.03. The summed E-state index contributed by atoms with van der Waals surface area (Å²) in [4.78, 5) is 10.5. The molecular formula is C10H10N2O. The number of hydrogen-bond donors (Lipinski definition) is 1. The van der Waals surface area contributed by atoms with Gasteiger partial charge < -0.3 is 0 Å². The standard InChI is InChI=1S/C10H10N2O/c1-2-9-8-4-3-7(6-13)5-10(8)12-11-9/h3-6H,2H2,1H3,(H,11,12). The van der Waals surface area contributed by atoms with Gasteiger partial charge in [-0.15, -0.1) is 0 Å². The van der Waals surface area contributed by atoms with Crippen LogP contribution in [0.15, 0.2) is 18.2 Å². The smallest absolute Gasteiger partial charge is 0.150 e. The lowest BCUT2D eigenvalue weighted by molar-refractivity contribution is 0.112. The summed E-state index contributed by atoms with van der Waals surface area (Å²) in [6.07, 6.45) is 1.76. The first-order chi connectivity index (χ1) is 6.35. The fraction of sp³-hybridized carbons (Fsp3) is 0.200. The van der Waals surface area contributed by atoms with E-state index < -0.39 is 0 Å². The Morgan fingerprint density at radius 3 is 3.08 bits per heavy atom. The number of H-pyrrole nitrogens is 1. The van der Waals surface area contributed by atoms with E-state index in [4.69, 9.17) is 0 Å². The van der Waals surface area contributed by atoms with E-state index in [9.17, 15) is 4.79 Å². The average Bonchev–Trinajstić information content (AvgIpc) is 2.59. The van der Waals surface area contributed by atoms with Crippen LogP contribution in [0.1, 0.15) is 23.0 Å². The Labute approximate surface area is 75.8 Å². The lowest BCUT2D eigenvalue weighted by atomic mass is 10.1. The monoisotopic (exact) mass is 174 g/mol. The zero-order chi connectivity index (χ0) is 9.26. The van der Waals surface area contributed by atoms with Crippen molar-refractivity contribution in [3.05, 3.63) is 29.5 Å². The van der Waals surface area contributed by atoms with Crippen molar-refractivity contribution in [2.45, 2.75) is 13.3 Å². The SMILES string of the molecule is CCc1[nH]nc2cc(C=O)ccc12. The molecule has 2 rings (SSSR count). The predicted octanol–water partition coefficient (Wildman–Crippen LogP) is 1.94. The van der Waals surface area contributed by atoms with Gasteiger partial charge in [0.1, 0.15) is 6.29 Å². The molecule has 2 aromatic rings. The van der Waals surface area contributed by atoms with E-state index in [0.29, 0.717) is 5.56 Å². The third kappa shape index (κ3) is 1.22. The number of aryl methyl sites for hydroxylation is 1. The molecular weight excluding hydrogens is 164 g/mol. The minimum absolute atomic E-state index is 0.668. The number of carbonyl (C=O) groups is 1. The van der Waals surface area contributed by atoms with E-state index in [2.05, 4.69) is 17.1 Å². The molecule has 0 saturated carbocycles. The molecule has 1 aromatic heterocycles. The first-order valence-electron chi connectivity index (χ1n) is 4.27. The summed E-state index contributed by atoms with van der Waals surface area (Å²) in [5, 5.41) is 8.17. The first kappa shape index (κ1) is 7.98. The van der Waals surface area contributed by atoms with Crippen LogP contribution in [0.5, 0.6) is 0 Å². The fourth-order valence-corrected chi connectivity index (χ4v) is 1.43. The van der Waals surface area contributed by atoms with Gasteiger partial charge in [0, 0.05) is 16.6 Å². The van der Waals surface area contributed by atoms with Gasteiger partial charge in [-0.05, 0) is 12.5 Å². The Kier molecular flexibility index (Phi) is 1.85. The summed E-state index contributed by atoms with van der Waals surface area (Å²) in [5.41, 5.74) is 2.65. The number of nitrogens with zero attached hydrogens (tertiary/aromatic N) is 1. The van der Waals surface area contributed by atoms with E-state index in [1.54, 1.807) is 6.07 Å². The molecule has 0 aliphatic carbocycles. The van der Waals surface area contributed by atoms with Crippen molar-refractivity contribution < 1.29 is 4.79 Å². The van der Waals surface area contributed by atoms with Crippen molar-refractivity contribution in [3.63, 3.8) is 0 Å². The van der Waals surface area contributed by atoms with Gasteiger partial charge in [-0.2, -0.15) is 5.10 Å². The van der Waals surface area contributed by atoms with Gasteiger partial charge in [0.25, 0.3) is 0 Å². The Bertz CT molecular complexity index is 445. The van der Waals surface area contributed by atoms with Crippen LogP contribution in [0.3, 0.4) is 0 Å². The Morgan fingerprint density at radius 1 is 1.54 bits per heavy atom. The van der Waals surface area contributed by atoms with E-state index in [1.807, 2.05) is 12.1 Å². The molecule has 0 aliphatic heterocycles. The Balaban J connectivity index is 2.67. The minimum Gasteiger partial charge on any atom is -0.298 e. The molecule has 0 bridgehead atoms. The normalized spacial score (nSPS) is 10.5. The molecule has 0 aliphatic rings. The lowest BCUT2D eigenvalue weighted by Gasteiger charge is -1.92. The van der Waals surface area contributed by atoms with Crippen LogP contribution in [0.2, 0.25) is 0 Å². The molecule has 0 spiro atoms. The molecule has 0 saturated heterocycles. The predicted molar refractivity (Wildman–Crippen MR) is 50.9 cm³/mol. The van der Waals surface area contributed by atoms with E-state index in [-0.39, 0.29) is 0 Å². The van der Waals surface area contributed by atoms with E-state index in [1.165, 1.54) is 0 Å². The number of aldehydes is 1. The van der Waals surface area contributed by atoms with Crippen LogP contribution in [0, 0.1) is 0 Å². The number of carbonyl (C=O) groups excluding carboxylic acids is 1. The maximum absolute atomic E-state index is 10.5. The van der Waals surface area contributed by atoms with Crippen LogP contribution in [0.25, 0.3) is 10.9 Å². The van der Waals surface area contributed by atoms with Crippen molar-refractivity contribution >= 4 is 17.2 Å². The van der Waals surface area contributed by atoms with Crippen LogP contribution < -0.4 is 0 Å². The minimum atomic E-state index is 0.668. The fourth-order valence-electron chi connectivity index (χ4n) is 1.43. The maximum atomic E-state index is 10.5. The van der Waals surface area contributed by atoms with Gasteiger partial charge in [-0.25, -0.2) is 0 Å². The molecule has 0 unspecified atom stereocenters. The summed E-state index contributed by atoms with van der Waals surface area (Å²) < 4.78 is 0. The molecule has 3 heteroatoms. The van der Waals surface area contributed by atoms with E-state index in [0.717, 1.165) is 29.3 Å². The zero-order valence-electron chi connectivity index (χ0n) is 7.37. The van der Waals surface area contributed by atoms with Gasteiger partial charge in [0.15, 0.2) is 0 Å². The van der Waals surface area contributed by atoms with Crippen LogP contribution in [-0.4, -0.2) is 16.5 Å². The lowest BCUT2D eigenvalue weighted by Crippen LogP contribution is -1.80. The quantitative estimate of drug-likeness (QED) is 0.707. The Hall–Kier alpha value is -1.64. The van der Waals surface area contributed by atoms with Gasteiger partial charge in [-0.3, -0.25) is 9.89 Å². The largest absolute Gasteiger partial charge is 0.298 e. The van der Waals surface area contributed by atoms with Crippen LogP contribution in [0.4, 0.5) is 0 Å². The number of hydrogen-bond acceptors (Lipinski definition) is 2. The van der Waals surface area contributed by atoms with Crippen molar-refractivity contribution in [1.29, 1.82) is 0 Å². The Morgan fingerprint density at radius 2 is 2.38 bits per heavy atom. The highest BCUT2D eigenvalue weighted by atomic mass is 16.1. The molecule has 1 N–H and O–H groups in total. The molecule has 0 atom stereocenters. The molecule has 0 radical (unpaired) electrons. The van der Waals surface area contributed by atoms with Gasteiger partial charge in [0.2, 0.25) is 0 Å². The highest BCUT2D eigenvalue weighted by Crippen LogP contribution is 2.16. The van der Waals surface area contributed by atoms with Crippen LogP contribution >= 0.6 is 0 Å². The van der Waals surface area contributed by atoms with E-state index >= 15 is 0 Å². The van der Waals surface area contributed by atoms with Gasteiger partial charge >= 0.3 is 0 Å². The first-order valence-corrected chi connectivity index (χ1v) is 4.27. The number of aromatic amines is 1. The van der Waals surface area contributed by atoms with Crippen molar-refractivity contribution in [2.75, 3.05) is 0 Å². The number of benzene rings is 1. The molecule has 0 amide bonds. The molecule has 0 fully saturated rings. The summed E-state index contributed by atoms with van der Waals surface area (Å²) >= 11 is 0. The zero-order valence-corrected chi connectivity index (χ0v) is 7.37. The molecule has 1 aromatic carbocycles. The third-order valence-corrected chi connectivity index (χ3v) is 2.15. The summed E-state index contributed by atoms with van der Waals surface area (Å²) in [6, 6.07) is 5.53. The summed E-state index contributed by atoms with van der Waals surface area (Å²) in [7, 11) is 0. The van der Waals surface area contributed by atoms with Crippen molar-refractivity contribution in [3.8, 4) is 0 Å². The molecule has 13 heavy (non-hydrogen) atoms. The number of fused-ring (bicyclic) bond motifs is 1. The maximum Gasteiger partial charge on any atom is 0.150 e. The second kappa shape index (κ2) is 3.01. The van der Waals surface area contributed by atoms with Crippen molar-refractivity contribution in [2.24, 2.45) is 0 Å². The average molecular weight is 174 g/mol. The number of rotatable bonds is 2. The topological polar surface area (TPSA) is 45.8 Å². The second-order valence-electron chi connectivity index (χ2n) is 2.95. The van der Waals surface area contributed by atoms with Gasteiger partial charge in [0.05, 0.1) is 5.52 Å². The number of nitrogens with one attached hydrogen (secondary N) is 1. The summed E-state index contributed by atoms with van der Waals surface area (Å²) in [5.74, 6) is 0. The molecule has 66 valence electrons. The van der Waals surface area contributed by atoms with Crippen molar-refractivity contribution in [1.82, 2.24) is 10.2 Å².